The first-order valence-corrected chi connectivity index (χ1v) is 10.6. The Morgan fingerprint density at radius 2 is 2.04 bits per heavy atom. The molecule has 1 aromatic carbocycles. The van der Waals surface area contributed by atoms with Crippen LogP contribution in [0, 0.1) is 0 Å². The molecule has 28 heavy (non-hydrogen) atoms. The summed E-state index contributed by atoms with van der Waals surface area (Å²) in [6.45, 7) is 4.86. The molecule has 1 saturated heterocycles. The van der Waals surface area contributed by atoms with E-state index in [1.807, 2.05) is 49.6 Å². The molecule has 152 valence electrons. The van der Waals surface area contributed by atoms with Crippen molar-refractivity contribution in [3.8, 4) is 11.5 Å². The van der Waals surface area contributed by atoms with Crippen LogP contribution in [-0.2, 0) is 0 Å². The van der Waals surface area contributed by atoms with Crippen molar-refractivity contribution < 1.29 is 9.47 Å². The lowest BCUT2D eigenvalue weighted by molar-refractivity contribution is 0.222. The van der Waals surface area contributed by atoms with Gasteiger partial charge in [0.05, 0.1) is 18.7 Å². The Labute approximate surface area is 171 Å². The highest BCUT2D eigenvalue weighted by Crippen LogP contribution is 2.24. The molecular weight excluding hydrogens is 372 g/mol. The fourth-order valence-corrected chi connectivity index (χ4v) is 4.06. The molecule has 0 bridgehead atoms. The van der Waals surface area contributed by atoms with Crippen LogP contribution in [-0.4, -0.2) is 51.9 Å². The lowest BCUT2D eigenvalue weighted by Crippen LogP contribution is -2.50. The van der Waals surface area contributed by atoms with Crippen LogP contribution in [0.4, 0.5) is 5.00 Å². The van der Waals surface area contributed by atoms with Crippen molar-refractivity contribution in [1.29, 1.82) is 0 Å². The minimum Gasteiger partial charge on any atom is -0.497 e. The number of piperidine rings is 1. The van der Waals surface area contributed by atoms with E-state index in [1.54, 1.807) is 7.11 Å². The van der Waals surface area contributed by atoms with Crippen LogP contribution in [0.2, 0.25) is 0 Å². The van der Waals surface area contributed by atoms with Crippen molar-refractivity contribution in [1.82, 2.24) is 10.6 Å². The summed E-state index contributed by atoms with van der Waals surface area (Å²) in [5.41, 5.74) is 0. The number of methoxy groups -OCH3 is 1. The van der Waals surface area contributed by atoms with Crippen LogP contribution in [0.1, 0.15) is 19.8 Å². The Hall–Kier alpha value is -2.41. The highest BCUT2D eigenvalue weighted by atomic mass is 32.1. The Kier molecular flexibility index (Phi) is 7.42. The molecule has 1 atom stereocenters. The van der Waals surface area contributed by atoms with Crippen LogP contribution in [0.5, 0.6) is 11.5 Å². The van der Waals surface area contributed by atoms with Gasteiger partial charge in [0.25, 0.3) is 0 Å². The number of thiophene rings is 1. The maximum absolute atomic E-state index is 5.97. The van der Waals surface area contributed by atoms with E-state index in [4.69, 9.17) is 9.47 Å². The second kappa shape index (κ2) is 10.2. The normalized spacial score (nSPS) is 16.5. The smallest absolute Gasteiger partial charge is 0.191 e. The van der Waals surface area contributed by atoms with Gasteiger partial charge in [-0.15, -0.1) is 11.3 Å². The molecule has 1 unspecified atom stereocenters. The zero-order chi connectivity index (χ0) is 19.8. The number of ether oxygens (including phenoxy) is 2. The van der Waals surface area contributed by atoms with Gasteiger partial charge in [0.1, 0.15) is 17.6 Å². The SMILES string of the molecule is CN=C(NCC(C)Oc1cccc(OC)c1)NC1CCN(c2cccs2)CC1. The van der Waals surface area contributed by atoms with Crippen LogP contribution in [0.25, 0.3) is 0 Å². The van der Waals surface area contributed by atoms with Crippen LogP contribution < -0.4 is 25.0 Å². The number of hydrogen-bond donors (Lipinski definition) is 2. The maximum Gasteiger partial charge on any atom is 0.191 e. The van der Waals surface area contributed by atoms with Gasteiger partial charge < -0.3 is 25.0 Å². The van der Waals surface area contributed by atoms with E-state index in [1.165, 1.54) is 5.00 Å². The van der Waals surface area contributed by atoms with Gasteiger partial charge in [-0.2, -0.15) is 0 Å². The molecule has 0 aliphatic carbocycles. The van der Waals surface area contributed by atoms with Crippen LogP contribution in [0.3, 0.4) is 0 Å². The molecule has 0 amide bonds. The topological polar surface area (TPSA) is 58.1 Å². The lowest BCUT2D eigenvalue weighted by atomic mass is 10.1. The second-order valence-electron chi connectivity index (χ2n) is 6.92. The number of benzene rings is 1. The molecular formula is C21H30N4O2S. The minimum absolute atomic E-state index is 0.00586. The van der Waals surface area contributed by atoms with E-state index < -0.39 is 0 Å². The van der Waals surface area contributed by atoms with Gasteiger partial charge in [-0.25, -0.2) is 0 Å². The van der Waals surface area contributed by atoms with Gasteiger partial charge in [0.15, 0.2) is 5.96 Å². The summed E-state index contributed by atoms with van der Waals surface area (Å²) in [5, 5.41) is 10.4. The summed E-state index contributed by atoms with van der Waals surface area (Å²) in [5.74, 6) is 2.43. The van der Waals surface area contributed by atoms with Gasteiger partial charge >= 0.3 is 0 Å². The van der Waals surface area contributed by atoms with E-state index in [2.05, 4.69) is 38.0 Å². The summed E-state index contributed by atoms with van der Waals surface area (Å²) in [7, 11) is 3.47. The third kappa shape index (κ3) is 5.79. The van der Waals surface area contributed by atoms with Crippen molar-refractivity contribution in [3.05, 3.63) is 41.8 Å². The summed E-state index contributed by atoms with van der Waals surface area (Å²) >= 11 is 1.81. The predicted octanol–water partition coefficient (Wildman–Crippen LogP) is 3.36. The molecule has 2 heterocycles. The first-order chi connectivity index (χ1) is 13.7. The molecule has 3 rings (SSSR count). The molecule has 1 fully saturated rings. The standard InChI is InChI=1S/C21H30N4O2S/c1-16(27-19-7-4-6-18(14-19)26-3)15-23-21(22-2)24-17-9-11-25(12-10-17)20-8-5-13-28-20/h4-8,13-14,16-17H,9-12,15H2,1-3H3,(H2,22,23,24). The molecule has 2 N–H and O–H groups in total. The van der Waals surface area contributed by atoms with Gasteiger partial charge in [-0.3, -0.25) is 4.99 Å². The highest BCUT2D eigenvalue weighted by molar-refractivity contribution is 7.14. The number of nitrogens with one attached hydrogen (secondary N) is 2. The Balaban J connectivity index is 1.41. The molecule has 1 aliphatic heterocycles. The van der Waals surface area contributed by atoms with E-state index in [0.717, 1.165) is 43.4 Å². The number of nitrogens with zero attached hydrogens (tertiary/aromatic N) is 2. The summed E-state index contributed by atoms with van der Waals surface area (Å²) in [6.07, 6.45) is 2.22. The van der Waals surface area contributed by atoms with Gasteiger partial charge in [0, 0.05) is 32.2 Å². The monoisotopic (exact) mass is 402 g/mol. The average Bonchev–Trinajstić information content (AvgIpc) is 3.26. The third-order valence-corrected chi connectivity index (χ3v) is 5.74. The van der Waals surface area contributed by atoms with Crippen LogP contribution >= 0.6 is 11.3 Å². The van der Waals surface area contributed by atoms with E-state index >= 15 is 0 Å². The minimum atomic E-state index is 0.00586. The largest absolute Gasteiger partial charge is 0.497 e. The molecule has 2 aromatic rings. The molecule has 0 saturated carbocycles. The lowest BCUT2D eigenvalue weighted by Gasteiger charge is -2.33. The number of rotatable bonds is 7. The predicted molar refractivity (Wildman–Crippen MR) is 117 cm³/mol. The molecule has 0 spiro atoms. The maximum atomic E-state index is 5.97. The van der Waals surface area contributed by atoms with Crippen molar-refractivity contribution in [3.63, 3.8) is 0 Å². The first-order valence-electron chi connectivity index (χ1n) is 9.74. The van der Waals surface area contributed by atoms with Crippen molar-refractivity contribution >= 4 is 22.3 Å². The van der Waals surface area contributed by atoms with Crippen molar-refractivity contribution in [2.45, 2.75) is 31.9 Å². The fraction of sp³-hybridized carbons (Fsp3) is 0.476. The molecule has 1 aromatic heterocycles. The van der Waals surface area contributed by atoms with Gasteiger partial charge in [-0.1, -0.05) is 6.07 Å². The van der Waals surface area contributed by atoms with E-state index in [9.17, 15) is 0 Å². The average molecular weight is 403 g/mol. The number of hydrogen-bond acceptors (Lipinski definition) is 5. The first kappa shape index (κ1) is 20.3. The van der Waals surface area contributed by atoms with Crippen molar-refractivity contribution in [2.24, 2.45) is 4.99 Å². The fourth-order valence-electron chi connectivity index (χ4n) is 3.27. The number of guanidine groups is 1. The van der Waals surface area contributed by atoms with Crippen LogP contribution in [0.15, 0.2) is 46.8 Å². The molecule has 0 radical (unpaired) electrons. The Bertz CT molecular complexity index is 743. The molecule has 6 nitrogen and oxygen atoms in total. The van der Waals surface area contributed by atoms with Gasteiger partial charge in [-0.05, 0) is 49.4 Å². The Morgan fingerprint density at radius 3 is 2.71 bits per heavy atom. The van der Waals surface area contributed by atoms with Crippen molar-refractivity contribution in [2.75, 3.05) is 38.7 Å². The molecule has 1 aliphatic rings. The zero-order valence-corrected chi connectivity index (χ0v) is 17.7. The zero-order valence-electron chi connectivity index (χ0n) is 16.9. The number of anilines is 1. The highest BCUT2D eigenvalue weighted by Gasteiger charge is 2.20. The quantitative estimate of drug-likeness (QED) is 0.549. The second-order valence-corrected chi connectivity index (χ2v) is 7.84. The summed E-state index contributed by atoms with van der Waals surface area (Å²) in [6, 6.07) is 12.4. The Morgan fingerprint density at radius 1 is 1.25 bits per heavy atom. The third-order valence-electron chi connectivity index (χ3n) is 4.81. The van der Waals surface area contributed by atoms with Gasteiger partial charge in [0.2, 0.25) is 0 Å². The summed E-state index contributed by atoms with van der Waals surface area (Å²) in [4.78, 5) is 6.83. The molecule has 7 heteroatoms. The van der Waals surface area contributed by atoms with E-state index in [0.29, 0.717) is 12.6 Å². The summed E-state index contributed by atoms with van der Waals surface area (Å²) < 4.78 is 11.2. The number of aliphatic imine (C=N–C) groups is 1. The van der Waals surface area contributed by atoms with E-state index in [-0.39, 0.29) is 6.10 Å².